The summed E-state index contributed by atoms with van der Waals surface area (Å²) >= 11 is 0. The van der Waals surface area contributed by atoms with Crippen LogP contribution in [0.4, 0.5) is 5.95 Å². The van der Waals surface area contributed by atoms with Crippen LogP contribution in [0.2, 0.25) is 0 Å². The van der Waals surface area contributed by atoms with Gasteiger partial charge in [0.05, 0.1) is 6.54 Å². The monoisotopic (exact) mass is 456 g/mol. The smallest absolute Gasteiger partial charge is 0.329 e. The Labute approximate surface area is 192 Å². The Morgan fingerprint density at radius 3 is 2.55 bits per heavy atom. The van der Waals surface area contributed by atoms with Crippen LogP contribution in [0.1, 0.15) is 18.1 Å². The lowest BCUT2D eigenvalue weighted by Crippen LogP contribution is -2.47. The molecule has 1 atom stereocenters. The highest BCUT2D eigenvalue weighted by Crippen LogP contribution is 2.22. The zero-order valence-corrected chi connectivity index (χ0v) is 19.7. The van der Waals surface area contributed by atoms with Crippen molar-refractivity contribution in [1.29, 1.82) is 0 Å². The molecule has 0 bridgehead atoms. The second-order valence-corrected chi connectivity index (χ2v) is 8.65. The zero-order valence-electron chi connectivity index (χ0n) is 19.7. The molecular weight excluding hydrogens is 424 g/mol. The summed E-state index contributed by atoms with van der Waals surface area (Å²) in [6.45, 7) is 10.6. The molecule has 3 aromatic rings. The van der Waals surface area contributed by atoms with Crippen LogP contribution in [0.3, 0.4) is 0 Å². The van der Waals surface area contributed by atoms with E-state index in [2.05, 4.69) is 26.7 Å². The average Bonchev–Trinajstić information content (AvgIpc) is 3.18. The quantitative estimate of drug-likeness (QED) is 0.537. The molecule has 0 unspecified atom stereocenters. The second-order valence-electron chi connectivity index (χ2n) is 8.65. The number of aliphatic hydroxyl groups is 1. The minimum absolute atomic E-state index is 0.0644. The van der Waals surface area contributed by atoms with Crippen molar-refractivity contribution in [3.05, 3.63) is 50.2 Å². The molecule has 33 heavy (non-hydrogen) atoms. The number of anilines is 1. The number of H-pyrrole nitrogens is 1. The van der Waals surface area contributed by atoms with E-state index in [0.29, 0.717) is 17.3 Å². The summed E-state index contributed by atoms with van der Waals surface area (Å²) in [6.07, 6.45) is -0.878. The molecule has 3 heterocycles. The molecule has 2 N–H and O–H groups in total. The first-order chi connectivity index (χ1) is 15.8. The molecule has 1 aliphatic heterocycles. The topological polar surface area (TPSA) is 109 Å². The fourth-order valence-electron chi connectivity index (χ4n) is 4.16. The van der Waals surface area contributed by atoms with Crippen molar-refractivity contribution < 1.29 is 9.84 Å². The van der Waals surface area contributed by atoms with E-state index in [-0.39, 0.29) is 18.7 Å². The van der Waals surface area contributed by atoms with E-state index < -0.39 is 17.4 Å². The summed E-state index contributed by atoms with van der Waals surface area (Å²) in [5.41, 5.74) is 1.84. The highest BCUT2D eigenvalue weighted by molar-refractivity contribution is 5.74. The summed E-state index contributed by atoms with van der Waals surface area (Å²) in [5, 5.41) is 10.8. The van der Waals surface area contributed by atoms with Crippen molar-refractivity contribution in [2.24, 2.45) is 7.05 Å². The van der Waals surface area contributed by atoms with Crippen molar-refractivity contribution in [3.63, 3.8) is 0 Å². The lowest BCUT2D eigenvalue weighted by molar-refractivity contribution is 0.0935. The van der Waals surface area contributed by atoms with Crippen LogP contribution >= 0.6 is 0 Å². The van der Waals surface area contributed by atoms with E-state index in [9.17, 15) is 14.7 Å². The van der Waals surface area contributed by atoms with Crippen molar-refractivity contribution in [2.45, 2.75) is 33.4 Å². The van der Waals surface area contributed by atoms with Crippen molar-refractivity contribution >= 4 is 17.1 Å². The van der Waals surface area contributed by atoms with E-state index in [0.717, 1.165) is 38.3 Å². The van der Waals surface area contributed by atoms with Crippen LogP contribution in [-0.4, -0.2) is 74.5 Å². The van der Waals surface area contributed by atoms with Crippen LogP contribution < -0.4 is 20.9 Å². The second kappa shape index (κ2) is 9.40. The number of aromatic amines is 1. The minimum Gasteiger partial charge on any atom is -0.491 e. The van der Waals surface area contributed by atoms with Gasteiger partial charge in [0.2, 0.25) is 5.95 Å². The van der Waals surface area contributed by atoms with Gasteiger partial charge in [-0.25, -0.2) is 4.79 Å². The first-order valence-electron chi connectivity index (χ1n) is 11.3. The van der Waals surface area contributed by atoms with Crippen molar-refractivity contribution in [1.82, 2.24) is 24.0 Å². The van der Waals surface area contributed by atoms with E-state index >= 15 is 0 Å². The van der Waals surface area contributed by atoms with Gasteiger partial charge >= 0.3 is 5.69 Å². The Bertz CT molecular complexity index is 1250. The number of imidazole rings is 1. The molecule has 178 valence electrons. The largest absolute Gasteiger partial charge is 0.491 e. The molecular formula is C23H32N6O4. The summed E-state index contributed by atoms with van der Waals surface area (Å²) < 4.78 is 8.85. The number of likely N-dealkylation sites (N-methyl/N-ethyl adjacent to an activating group) is 1. The van der Waals surface area contributed by atoms with Crippen LogP contribution in [0, 0.1) is 13.8 Å². The maximum atomic E-state index is 12.7. The standard InChI is InChI=1S/C23H32N6O4/c1-5-27-8-10-28(11-9-27)22-24-20-19(21(31)25-23(32)26(20)4)29(22)13-17(30)14-33-18-7-6-15(2)16(3)12-18/h6-7,12,17,30H,5,8-11,13-14H2,1-4H3,(H,25,31,32)/t17-/m0/s1. The molecule has 0 radical (unpaired) electrons. The van der Waals surface area contributed by atoms with Crippen molar-refractivity contribution in [2.75, 3.05) is 44.2 Å². The van der Waals surface area contributed by atoms with E-state index in [1.807, 2.05) is 32.0 Å². The molecule has 1 aliphatic rings. The number of aromatic nitrogens is 4. The van der Waals surface area contributed by atoms with Gasteiger partial charge in [0.25, 0.3) is 5.56 Å². The lowest BCUT2D eigenvalue weighted by Gasteiger charge is -2.35. The first kappa shape index (κ1) is 23.1. The van der Waals surface area contributed by atoms with Crippen LogP contribution in [0.5, 0.6) is 5.75 Å². The molecule has 10 heteroatoms. The van der Waals surface area contributed by atoms with Gasteiger partial charge < -0.3 is 24.2 Å². The number of rotatable bonds is 7. The van der Waals surface area contributed by atoms with Gasteiger partial charge in [-0.05, 0) is 43.7 Å². The molecule has 0 spiro atoms. The molecule has 0 aliphatic carbocycles. The van der Waals surface area contributed by atoms with Gasteiger partial charge in [0.1, 0.15) is 18.5 Å². The molecule has 4 rings (SSSR count). The highest BCUT2D eigenvalue weighted by Gasteiger charge is 2.25. The third-order valence-corrected chi connectivity index (χ3v) is 6.40. The maximum absolute atomic E-state index is 12.7. The minimum atomic E-state index is -0.878. The highest BCUT2D eigenvalue weighted by atomic mass is 16.5. The Hall–Kier alpha value is -3.11. The van der Waals surface area contributed by atoms with E-state index in [1.165, 1.54) is 10.1 Å². The number of fused-ring (bicyclic) bond motifs is 1. The summed E-state index contributed by atoms with van der Waals surface area (Å²) in [6, 6.07) is 5.79. The van der Waals surface area contributed by atoms with Crippen LogP contribution in [-0.2, 0) is 13.6 Å². The third-order valence-electron chi connectivity index (χ3n) is 6.40. The molecule has 10 nitrogen and oxygen atoms in total. The number of benzene rings is 1. The summed E-state index contributed by atoms with van der Waals surface area (Å²) in [7, 11) is 1.58. The average molecular weight is 457 g/mol. The fourth-order valence-corrected chi connectivity index (χ4v) is 4.16. The number of hydrogen-bond donors (Lipinski definition) is 2. The Morgan fingerprint density at radius 2 is 1.88 bits per heavy atom. The van der Waals surface area contributed by atoms with Crippen molar-refractivity contribution in [3.8, 4) is 5.75 Å². The number of ether oxygens (including phenoxy) is 1. The molecule has 1 aromatic carbocycles. The zero-order chi connectivity index (χ0) is 23.7. The Balaban J connectivity index is 1.63. The van der Waals surface area contributed by atoms with Crippen LogP contribution in [0.25, 0.3) is 11.2 Å². The third kappa shape index (κ3) is 4.67. The van der Waals surface area contributed by atoms with E-state index in [4.69, 9.17) is 4.74 Å². The van der Waals surface area contributed by atoms with E-state index in [1.54, 1.807) is 11.6 Å². The number of aryl methyl sites for hydroxylation is 3. The first-order valence-corrected chi connectivity index (χ1v) is 11.3. The Kier molecular flexibility index (Phi) is 6.57. The van der Waals surface area contributed by atoms with Gasteiger partial charge in [-0.2, -0.15) is 4.98 Å². The summed E-state index contributed by atoms with van der Waals surface area (Å²) in [5.74, 6) is 1.27. The molecule has 0 saturated carbocycles. The predicted octanol–water partition coefficient (Wildman–Crippen LogP) is 0.622. The lowest BCUT2D eigenvalue weighted by atomic mass is 10.1. The van der Waals surface area contributed by atoms with Crippen LogP contribution in [0.15, 0.2) is 27.8 Å². The molecule has 0 amide bonds. The number of nitrogens with zero attached hydrogens (tertiary/aromatic N) is 5. The van der Waals surface area contributed by atoms with Gasteiger partial charge in [0.15, 0.2) is 11.2 Å². The normalized spacial score (nSPS) is 15.8. The summed E-state index contributed by atoms with van der Waals surface area (Å²) in [4.78, 5) is 36.3. The molecule has 1 saturated heterocycles. The number of hydrogen-bond acceptors (Lipinski definition) is 7. The predicted molar refractivity (Wildman–Crippen MR) is 127 cm³/mol. The maximum Gasteiger partial charge on any atom is 0.329 e. The SMILES string of the molecule is CCN1CCN(c2nc3c(c(=O)[nH]c(=O)n3C)n2C[C@H](O)COc2ccc(C)c(C)c2)CC1. The number of nitrogens with one attached hydrogen (secondary N) is 1. The number of aliphatic hydroxyl groups excluding tert-OH is 1. The van der Waals surface area contributed by atoms with Gasteiger partial charge in [-0.3, -0.25) is 14.3 Å². The Morgan fingerprint density at radius 1 is 1.15 bits per heavy atom. The molecule has 2 aromatic heterocycles. The number of piperazine rings is 1. The molecule has 1 fully saturated rings. The fraction of sp³-hybridized carbons (Fsp3) is 0.522. The van der Waals surface area contributed by atoms with Gasteiger partial charge in [-0.1, -0.05) is 13.0 Å². The van der Waals surface area contributed by atoms with Gasteiger partial charge in [-0.15, -0.1) is 0 Å². The van der Waals surface area contributed by atoms with Gasteiger partial charge in [0, 0.05) is 33.2 Å².